The van der Waals surface area contributed by atoms with Gasteiger partial charge in [0.25, 0.3) is 0 Å². The minimum atomic E-state index is -0.458. The lowest BCUT2D eigenvalue weighted by atomic mass is 9.68. The van der Waals surface area contributed by atoms with Crippen molar-refractivity contribution in [2.45, 2.75) is 207 Å². The first-order valence-corrected chi connectivity index (χ1v) is 23.6. The first kappa shape index (κ1) is 49.8. The first-order valence-electron chi connectivity index (χ1n) is 23.6. The van der Waals surface area contributed by atoms with E-state index in [4.69, 9.17) is 41.1 Å². The van der Waals surface area contributed by atoms with E-state index >= 15 is 0 Å². The summed E-state index contributed by atoms with van der Waals surface area (Å²) in [5.74, 6) is 15.9. The zero-order valence-electron chi connectivity index (χ0n) is 39.5. The van der Waals surface area contributed by atoms with E-state index in [1.54, 1.807) is 10.0 Å². The number of nitrogens with two attached hydrogens (primary N) is 2. The second-order valence-corrected chi connectivity index (χ2v) is 18.5. The van der Waals surface area contributed by atoms with Crippen LogP contribution in [0.3, 0.4) is 0 Å². The van der Waals surface area contributed by atoms with Gasteiger partial charge in [0.15, 0.2) is 12.6 Å². The number of piperidine rings is 2. The Hall–Kier alpha value is -2.88. The van der Waals surface area contributed by atoms with Gasteiger partial charge in [-0.25, -0.2) is 11.7 Å². The molecule has 2 unspecified atom stereocenters. The molecule has 0 spiro atoms. The Morgan fingerprint density at radius 2 is 0.883 bits per heavy atom. The van der Waals surface area contributed by atoms with E-state index in [0.29, 0.717) is 25.3 Å². The van der Waals surface area contributed by atoms with Crippen LogP contribution in [0, 0.1) is 11.8 Å². The van der Waals surface area contributed by atoms with Crippen LogP contribution in [0.5, 0.6) is 0 Å². The third-order valence-electron chi connectivity index (χ3n) is 14.3. The SMILES string of the molecule is C=C(C)COC1=NC(NCCCCCCNC2N=C(OCC(=C)C)N=C(C3CC(CC)(CC)NC(CC)(CC)C3)N2N)N(N)C(C2CC(CC)(CC)NC(CC)(CC)C2)=N1. The van der Waals surface area contributed by atoms with Crippen LogP contribution in [0.15, 0.2) is 44.3 Å². The van der Waals surface area contributed by atoms with Crippen LogP contribution in [0.1, 0.15) is 172 Å². The molecular formula is C46H86N12O2. The third kappa shape index (κ3) is 12.4. The summed E-state index contributed by atoms with van der Waals surface area (Å²) in [5, 5.41) is 19.0. The molecule has 0 aromatic carbocycles. The molecule has 2 atom stereocenters. The lowest BCUT2D eigenvalue weighted by Crippen LogP contribution is -2.66. The Morgan fingerprint density at radius 3 is 1.15 bits per heavy atom. The quantitative estimate of drug-likeness (QED) is 0.0342. The van der Waals surface area contributed by atoms with Crippen LogP contribution in [-0.2, 0) is 9.47 Å². The summed E-state index contributed by atoms with van der Waals surface area (Å²) in [7, 11) is 0. The standard InChI is InChI=1S/C46H86N12O2/c1-13-43(14-2)27-35(28-44(15-3,16-4)55-43)37-51-41(59-31-33(9)10)53-39(57(37)47)49-25-23-21-22-24-26-50-40-54-42(60-32-34(11)12)52-38(58(40)48)36-29-45(17-5,18-6)56-46(19-7,20-8)30-36/h35-36,39-40,49-50,55-56H,9,11,13-32,47-48H2,1-8,10,12H3. The maximum absolute atomic E-state index is 6.91. The highest BCUT2D eigenvalue weighted by Crippen LogP contribution is 2.43. The lowest BCUT2D eigenvalue weighted by Gasteiger charge is -2.53. The van der Waals surface area contributed by atoms with Crippen molar-refractivity contribution < 1.29 is 9.47 Å². The highest BCUT2D eigenvalue weighted by molar-refractivity contribution is 5.97. The molecule has 0 aliphatic carbocycles. The summed E-state index contributed by atoms with van der Waals surface area (Å²) in [6.07, 6.45) is 15.5. The van der Waals surface area contributed by atoms with E-state index in [1.165, 1.54) is 0 Å². The number of aliphatic imine (C=N–C) groups is 4. The number of amidine groups is 4. The van der Waals surface area contributed by atoms with Crippen molar-refractivity contribution in [3.05, 3.63) is 24.3 Å². The summed E-state index contributed by atoms with van der Waals surface area (Å²) >= 11 is 0. The molecule has 2 saturated heterocycles. The monoisotopic (exact) mass is 839 g/mol. The molecule has 4 heterocycles. The fourth-order valence-electron chi connectivity index (χ4n) is 10.0. The van der Waals surface area contributed by atoms with Gasteiger partial charge in [-0.3, -0.25) is 20.7 Å². The lowest BCUT2D eigenvalue weighted by molar-refractivity contribution is 0.0832. The van der Waals surface area contributed by atoms with E-state index < -0.39 is 12.6 Å². The zero-order valence-corrected chi connectivity index (χ0v) is 39.5. The molecule has 14 heteroatoms. The number of nitrogens with zero attached hydrogens (tertiary/aromatic N) is 6. The van der Waals surface area contributed by atoms with Crippen LogP contribution in [0.2, 0.25) is 0 Å². The van der Waals surface area contributed by atoms with Gasteiger partial charge < -0.3 is 20.1 Å². The molecule has 0 saturated carbocycles. The Bertz CT molecular complexity index is 1370. The average Bonchev–Trinajstić information content (AvgIpc) is 3.26. The van der Waals surface area contributed by atoms with Crippen molar-refractivity contribution in [1.82, 2.24) is 31.3 Å². The number of unbranched alkanes of at least 4 members (excludes halogenated alkanes) is 3. The number of hydrazine groups is 2. The molecule has 14 nitrogen and oxygen atoms in total. The highest BCUT2D eigenvalue weighted by Gasteiger charge is 2.49. The minimum absolute atomic E-state index is 0.0333. The molecule has 8 N–H and O–H groups in total. The number of hydrogen-bond donors (Lipinski definition) is 6. The Labute approximate surface area is 364 Å². The second kappa shape index (κ2) is 22.5. The predicted octanol–water partition coefficient (Wildman–Crippen LogP) is 7.60. The molecule has 60 heavy (non-hydrogen) atoms. The van der Waals surface area contributed by atoms with Crippen molar-refractivity contribution >= 4 is 23.7 Å². The van der Waals surface area contributed by atoms with Gasteiger partial charge in [-0.15, -0.1) is 0 Å². The third-order valence-corrected chi connectivity index (χ3v) is 14.3. The van der Waals surface area contributed by atoms with Gasteiger partial charge in [0.2, 0.25) is 0 Å². The summed E-state index contributed by atoms with van der Waals surface area (Å²) in [4.78, 5) is 19.6. The van der Waals surface area contributed by atoms with Gasteiger partial charge in [-0.2, -0.15) is 20.0 Å². The van der Waals surface area contributed by atoms with Gasteiger partial charge in [0, 0.05) is 34.0 Å². The Morgan fingerprint density at radius 1 is 0.583 bits per heavy atom. The number of ether oxygens (including phenoxy) is 2. The van der Waals surface area contributed by atoms with Gasteiger partial charge in [0.1, 0.15) is 24.9 Å². The van der Waals surface area contributed by atoms with Gasteiger partial charge in [0.05, 0.1) is 0 Å². The molecule has 2 fully saturated rings. The summed E-state index contributed by atoms with van der Waals surface area (Å²) in [6, 6.07) is 0.750. The van der Waals surface area contributed by atoms with Crippen LogP contribution in [0.4, 0.5) is 0 Å². The normalized spacial score (nSPS) is 24.0. The summed E-state index contributed by atoms with van der Waals surface area (Å²) < 4.78 is 12.1. The predicted molar refractivity (Wildman–Crippen MR) is 250 cm³/mol. The highest BCUT2D eigenvalue weighted by atomic mass is 16.5. The van der Waals surface area contributed by atoms with Gasteiger partial charge >= 0.3 is 12.0 Å². The van der Waals surface area contributed by atoms with E-state index in [0.717, 1.165) is 139 Å². The van der Waals surface area contributed by atoms with Crippen LogP contribution >= 0.6 is 0 Å². The van der Waals surface area contributed by atoms with Gasteiger partial charge in [-0.1, -0.05) is 81.4 Å². The van der Waals surface area contributed by atoms with Gasteiger partial charge in [-0.05, 0) is 128 Å². The molecule has 0 aromatic heterocycles. The van der Waals surface area contributed by atoms with E-state index in [1.807, 2.05) is 13.8 Å². The van der Waals surface area contributed by atoms with E-state index in [9.17, 15) is 0 Å². The molecule has 0 amide bonds. The molecule has 4 aliphatic heterocycles. The van der Waals surface area contributed by atoms with Crippen molar-refractivity contribution in [2.24, 2.45) is 43.5 Å². The van der Waals surface area contributed by atoms with Crippen molar-refractivity contribution in [1.29, 1.82) is 0 Å². The fraction of sp³-hybridized carbons (Fsp3) is 0.826. The van der Waals surface area contributed by atoms with E-state index in [2.05, 4.69) is 89.8 Å². The first-order chi connectivity index (χ1) is 28.6. The molecular weight excluding hydrogens is 753 g/mol. The summed E-state index contributed by atoms with van der Waals surface area (Å²) in [6.45, 7) is 32.6. The fourth-order valence-corrected chi connectivity index (χ4v) is 10.0. The molecule has 0 bridgehead atoms. The maximum Gasteiger partial charge on any atom is 0.317 e. The summed E-state index contributed by atoms with van der Waals surface area (Å²) in [5.41, 5.74) is 1.97. The maximum atomic E-state index is 6.91. The zero-order chi connectivity index (χ0) is 44.1. The number of hydrogen-bond acceptors (Lipinski definition) is 14. The smallest absolute Gasteiger partial charge is 0.317 e. The van der Waals surface area contributed by atoms with Crippen molar-refractivity contribution in [3.8, 4) is 0 Å². The largest absolute Gasteiger partial charge is 0.459 e. The second-order valence-electron chi connectivity index (χ2n) is 18.5. The van der Waals surface area contributed by atoms with Crippen LogP contribution in [-0.4, -0.2) is 94.8 Å². The van der Waals surface area contributed by atoms with Crippen molar-refractivity contribution in [2.75, 3.05) is 26.3 Å². The van der Waals surface area contributed by atoms with Crippen LogP contribution < -0.4 is 33.0 Å². The topological polar surface area (TPSA) is 175 Å². The molecule has 0 radical (unpaired) electrons. The minimum Gasteiger partial charge on any atom is -0.459 e. The van der Waals surface area contributed by atoms with Crippen molar-refractivity contribution in [3.63, 3.8) is 0 Å². The number of nitrogens with one attached hydrogen (secondary N) is 4. The van der Waals surface area contributed by atoms with E-state index in [-0.39, 0.29) is 34.0 Å². The number of rotatable bonds is 23. The van der Waals surface area contributed by atoms with Crippen LogP contribution in [0.25, 0.3) is 0 Å². The molecule has 4 rings (SSSR count). The Balaban J connectivity index is 1.35. The molecule has 0 aromatic rings. The average molecular weight is 839 g/mol. The Kier molecular flexibility index (Phi) is 18.6. The molecule has 4 aliphatic rings. The molecule has 342 valence electrons.